The van der Waals surface area contributed by atoms with Gasteiger partial charge in [-0.3, -0.25) is 0 Å². The molecule has 0 aliphatic heterocycles. The quantitative estimate of drug-likeness (QED) is 0.807. The lowest BCUT2D eigenvalue weighted by Gasteiger charge is -2.11. The van der Waals surface area contributed by atoms with Crippen LogP contribution in [0.15, 0.2) is 24.5 Å². The van der Waals surface area contributed by atoms with Crippen LogP contribution in [0.5, 0.6) is 0 Å². The van der Waals surface area contributed by atoms with E-state index in [1.54, 1.807) is 12.1 Å². The van der Waals surface area contributed by atoms with Crippen molar-refractivity contribution in [3.63, 3.8) is 0 Å². The van der Waals surface area contributed by atoms with Crippen molar-refractivity contribution in [3.05, 3.63) is 52.2 Å². The van der Waals surface area contributed by atoms with Crippen LogP contribution in [-0.4, -0.2) is 19.6 Å². The molecule has 2 N–H and O–H groups in total. The number of nitrogen functional groups attached to an aromatic ring is 1. The average Bonchev–Trinajstić information content (AvgIpc) is 2.89. The summed E-state index contributed by atoms with van der Waals surface area (Å²) in [6.07, 6.45) is 2.37. The molecule has 2 heterocycles. The number of rotatable bonds is 3. The SMILES string of the molecule is Cc1nc2ncnn2c(N)c1CCc1c(F)cccc1Cl. The van der Waals surface area contributed by atoms with E-state index < -0.39 is 0 Å². The Balaban J connectivity index is 1.95. The Hall–Kier alpha value is -2.21. The molecule has 2 aromatic heterocycles. The highest BCUT2D eigenvalue weighted by molar-refractivity contribution is 6.31. The van der Waals surface area contributed by atoms with Gasteiger partial charge in [0.05, 0.1) is 0 Å². The van der Waals surface area contributed by atoms with Crippen LogP contribution in [0, 0.1) is 12.7 Å². The molecular weight excluding hydrogens is 293 g/mol. The standard InChI is InChI=1S/C14H13ClFN5/c1-8-9(13(17)21-14(20-8)18-7-19-21)5-6-10-11(15)3-2-4-12(10)16/h2-4,7H,5-6,17H2,1H3. The summed E-state index contributed by atoms with van der Waals surface area (Å²) < 4.78 is 15.3. The first-order chi connectivity index (χ1) is 10.1. The minimum Gasteiger partial charge on any atom is -0.383 e. The third kappa shape index (κ3) is 2.42. The molecule has 1 aromatic carbocycles. The van der Waals surface area contributed by atoms with Crippen molar-refractivity contribution in [1.29, 1.82) is 0 Å². The maximum absolute atomic E-state index is 13.8. The van der Waals surface area contributed by atoms with Crippen LogP contribution in [-0.2, 0) is 12.8 Å². The maximum atomic E-state index is 13.8. The van der Waals surface area contributed by atoms with E-state index in [0.717, 1.165) is 11.3 Å². The van der Waals surface area contributed by atoms with Gasteiger partial charge in [0.15, 0.2) is 0 Å². The number of hydrogen-bond acceptors (Lipinski definition) is 4. The van der Waals surface area contributed by atoms with E-state index in [1.165, 1.54) is 16.9 Å². The summed E-state index contributed by atoms with van der Waals surface area (Å²) in [5.41, 5.74) is 8.17. The largest absolute Gasteiger partial charge is 0.383 e. The van der Waals surface area contributed by atoms with Crippen molar-refractivity contribution in [1.82, 2.24) is 19.6 Å². The van der Waals surface area contributed by atoms with E-state index in [9.17, 15) is 4.39 Å². The smallest absolute Gasteiger partial charge is 0.254 e. The van der Waals surface area contributed by atoms with Gasteiger partial charge in [-0.05, 0) is 31.9 Å². The van der Waals surface area contributed by atoms with E-state index in [2.05, 4.69) is 15.1 Å². The van der Waals surface area contributed by atoms with E-state index in [-0.39, 0.29) is 5.82 Å². The Morgan fingerprint density at radius 3 is 2.81 bits per heavy atom. The first-order valence-corrected chi connectivity index (χ1v) is 6.83. The van der Waals surface area contributed by atoms with Crippen molar-refractivity contribution in [3.8, 4) is 0 Å². The molecule has 3 rings (SSSR count). The predicted molar refractivity (Wildman–Crippen MR) is 78.7 cm³/mol. The van der Waals surface area contributed by atoms with Gasteiger partial charge in [0.1, 0.15) is 18.0 Å². The Kier molecular flexibility index (Phi) is 3.47. The third-order valence-electron chi connectivity index (χ3n) is 3.46. The molecule has 0 fully saturated rings. The summed E-state index contributed by atoms with van der Waals surface area (Å²) in [6.45, 7) is 1.85. The van der Waals surface area contributed by atoms with Gasteiger partial charge in [-0.15, -0.1) is 0 Å². The van der Waals surface area contributed by atoms with Crippen LogP contribution >= 0.6 is 11.6 Å². The van der Waals surface area contributed by atoms with Gasteiger partial charge < -0.3 is 5.73 Å². The lowest BCUT2D eigenvalue weighted by molar-refractivity contribution is 0.608. The molecule has 0 unspecified atom stereocenters. The molecule has 0 saturated heterocycles. The van der Waals surface area contributed by atoms with Crippen LogP contribution in [0.25, 0.3) is 5.78 Å². The van der Waals surface area contributed by atoms with Gasteiger partial charge in [-0.1, -0.05) is 17.7 Å². The average molecular weight is 306 g/mol. The fourth-order valence-corrected chi connectivity index (χ4v) is 2.60. The summed E-state index contributed by atoms with van der Waals surface area (Å²) >= 11 is 6.04. The van der Waals surface area contributed by atoms with Crippen LogP contribution in [0.1, 0.15) is 16.8 Å². The van der Waals surface area contributed by atoms with Crippen LogP contribution in [0.3, 0.4) is 0 Å². The molecule has 0 spiro atoms. The van der Waals surface area contributed by atoms with Gasteiger partial charge in [-0.25, -0.2) is 9.37 Å². The van der Waals surface area contributed by atoms with Gasteiger partial charge in [0.25, 0.3) is 5.78 Å². The molecule has 0 aliphatic carbocycles. The molecular formula is C14H13ClFN5. The van der Waals surface area contributed by atoms with Crippen molar-refractivity contribution >= 4 is 23.2 Å². The number of fused-ring (bicyclic) bond motifs is 1. The number of benzene rings is 1. The predicted octanol–water partition coefficient (Wildman–Crippen LogP) is 2.59. The fraction of sp³-hybridized carbons (Fsp3) is 0.214. The second-order valence-corrected chi connectivity index (χ2v) is 5.14. The van der Waals surface area contributed by atoms with Gasteiger partial charge >= 0.3 is 0 Å². The number of nitrogens with zero attached hydrogens (tertiary/aromatic N) is 4. The first kappa shape index (κ1) is 13.8. The number of nitrogens with two attached hydrogens (primary N) is 1. The molecule has 0 aliphatic rings. The van der Waals surface area contributed by atoms with E-state index >= 15 is 0 Å². The first-order valence-electron chi connectivity index (χ1n) is 6.45. The van der Waals surface area contributed by atoms with Crippen molar-refractivity contribution in [2.24, 2.45) is 0 Å². The molecule has 0 radical (unpaired) electrons. The molecule has 0 saturated carbocycles. The summed E-state index contributed by atoms with van der Waals surface area (Å²) in [4.78, 5) is 8.34. The molecule has 0 bridgehead atoms. The minimum absolute atomic E-state index is 0.312. The number of aromatic nitrogens is 4. The Bertz CT molecular complexity index is 794. The van der Waals surface area contributed by atoms with Crippen molar-refractivity contribution in [2.45, 2.75) is 19.8 Å². The molecule has 3 aromatic rings. The number of anilines is 1. The molecule has 0 amide bonds. The normalized spacial score (nSPS) is 11.2. The zero-order valence-electron chi connectivity index (χ0n) is 11.3. The number of hydrogen-bond donors (Lipinski definition) is 1. The van der Waals surface area contributed by atoms with Crippen LogP contribution in [0.4, 0.5) is 10.2 Å². The highest BCUT2D eigenvalue weighted by atomic mass is 35.5. The minimum atomic E-state index is -0.312. The van der Waals surface area contributed by atoms with Crippen LogP contribution < -0.4 is 5.73 Å². The molecule has 108 valence electrons. The van der Waals surface area contributed by atoms with Gasteiger partial charge in [0.2, 0.25) is 0 Å². The van der Waals surface area contributed by atoms with E-state index in [0.29, 0.717) is 35.0 Å². The highest BCUT2D eigenvalue weighted by Gasteiger charge is 2.14. The molecule has 0 atom stereocenters. The van der Waals surface area contributed by atoms with E-state index in [1.807, 2.05) is 6.92 Å². The lowest BCUT2D eigenvalue weighted by atomic mass is 10.0. The lowest BCUT2D eigenvalue weighted by Crippen LogP contribution is -2.09. The number of halogens is 2. The third-order valence-corrected chi connectivity index (χ3v) is 3.81. The summed E-state index contributed by atoms with van der Waals surface area (Å²) in [6, 6.07) is 4.66. The Morgan fingerprint density at radius 2 is 2.05 bits per heavy atom. The molecule has 21 heavy (non-hydrogen) atoms. The highest BCUT2D eigenvalue weighted by Crippen LogP contribution is 2.23. The summed E-state index contributed by atoms with van der Waals surface area (Å²) in [7, 11) is 0. The Labute approximate surface area is 125 Å². The van der Waals surface area contributed by atoms with E-state index in [4.69, 9.17) is 17.3 Å². The topological polar surface area (TPSA) is 69.1 Å². The number of aryl methyl sites for hydroxylation is 1. The molecule has 5 nitrogen and oxygen atoms in total. The van der Waals surface area contributed by atoms with Crippen molar-refractivity contribution in [2.75, 3.05) is 5.73 Å². The van der Waals surface area contributed by atoms with Gasteiger partial charge in [0, 0.05) is 21.8 Å². The molecule has 7 heteroatoms. The fourth-order valence-electron chi connectivity index (χ4n) is 2.34. The zero-order valence-corrected chi connectivity index (χ0v) is 12.1. The maximum Gasteiger partial charge on any atom is 0.254 e. The second kappa shape index (κ2) is 5.29. The van der Waals surface area contributed by atoms with Crippen molar-refractivity contribution < 1.29 is 4.39 Å². The zero-order chi connectivity index (χ0) is 15.0. The van der Waals surface area contributed by atoms with Gasteiger partial charge in [-0.2, -0.15) is 14.6 Å². The second-order valence-electron chi connectivity index (χ2n) is 4.73. The monoisotopic (exact) mass is 305 g/mol. The summed E-state index contributed by atoms with van der Waals surface area (Å²) in [5.74, 6) is 0.619. The summed E-state index contributed by atoms with van der Waals surface area (Å²) in [5, 5.41) is 4.45. The van der Waals surface area contributed by atoms with Crippen LogP contribution in [0.2, 0.25) is 5.02 Å². The Morgan fingerprint density at radius 1 is 1.29 bits per heavy atom.